The fraction of sp³-hybridized carbons (Fsp3) is 0.167. The summed E-state index contributed by atoms with van der Waals surface area (Å²) in [6.07, 6.45) is 0. The number of amides is 3. The quantitative estimate of drug-likeness (QED) is 0.859. The second-order valence-electron chi connectivity index (χ2n) is 5.39. The average molecular weight is 360 g/mol. The van der Waals surface area contributed by atoms with E-state index < -0.39 is 0 Å². The fourth-order valence-corrected chi connectivity index (χ4v) is 2.32. The molecular formula is C18H18ClN3O3. The Hall–Kier alpha value is -2.86. The van der Waals surface area contributed by atoms with Crippen molar-refractivity contribution < 1.29 is 14.4 Å². The molecule has 0 atom stereocenters. The third-order valence-corrected chi connectivity index (χ3v) is 3.56. The summed E-state index contributed by atoms with van der Waals surface area (Å²) in [5, 5.41) is 5.93. The van der Waals surface area contributed by atoms with E-state index in [0.717, 1.165) is 0 Å². The van der Waals surface area contributed by atoms with Crippen molar-refractivity contribution in [1.82, 2.24) is 0 Å². The lowest BCUT2D eigenvalue weighted by molar-refractivity contribution is -0.120. The van der Waals surface area contributed by atoms with E-state index in [2.05, 4.69) is 10.6 Å². The van der Waals surface area contributed by atoms with Crippen LogP contribution in [0.1, 0.15) is 13.8 Å². The molecule has 0 saturated carbocycles. The minimum Gasteiger partial charge on any atom is -0.326 e. The third kappa shape index (κ3) is 5.61. The minimum absolute atomic E-state index is 0.128. The molecule has 3 amide bonds. The SMILES string of the molecule is CC(=O)Nc1ccc(N(CC(=O)Nc2ccc(Cl)cc2)C(C)=O)cc1. The maximum absolute atomic E-state index is 12.2. The standard InChI is InChI=1S/C18H18ClN3O3/c1-12(23)20-15-7-9-17(10-8-15)22(13(2)24)11-18(25)21-16-5-3-14(19)4-6-16/h3-10H,11H2,1-2H3,(H,20,23)(H,21,25). The van der Waals surface area contributed by atoms with E-state index >= 15 is 0 Å². The molecule has 2 aromatic carbocycles. The highest BCUT2D eigenvalue weighted by Gasteiger charge is 2.16. The van der Waals surface area contributed by atoms with E-state index in [9.17, 15) is 14.4 Å². The van der Waals surface area contributed by atoms with Crippen molar-refractivity contribution in [3.8, 4) is 0 Å². The molecule has 0 unspecified atom stereocenters. The molecule has 0 saturated heterocycles. The topological polar surface area (TPSA) is 78.5 Å². The number of halogens is 1. The molecule has 0 heterocycles. The first-order valence-corrected chi connectivity index (χ1v) is 7.94. The number of hydrogen-bond acceptors (Lipinski definition) is 3. The maximum Gasteiger partial charge on any atom is 0.244 e. The van der Waals surface area contributed by atoms with Crippen LogP contribution in [0.2, 0.25) is 5.02 Å². The van der Waals surface area contributed by atoms with Gasteiger partial charge in [-0.3, -0.25) is 14.4 Å². The molecule has 2 rings (SSSR count). The van der Waals surface area contributed by atoms with E-state index in [-0.39, 0.29) is 24.3 Å². The second-order valence-corrected chi connectivity index (χ2v) is 5.82. The summed E-state index contributed by atoms with van der Waals surface area (Å²) < 4.78 is 0. The van der Waals surface area contributed by atoms with Crippen LogP contribution < -0.4 is 15.5 Å². The van der Waals surface area contributed by atoms with Gasteiger partial charge in [0.15, 0.2) is 0 Å². The van der Waals surface area contributed by atoms with E-state index in [1.54, 1.807) is 48.5 Å². The molecule has 0 spiro atoms. The van der Waals surface area contributed by atoms with Crippen LogP contribution in [0, 0.1) is 0 Å². The van der Waals surface area contributed by atoms with Gasteiger partial charge in [-0.2, -0.15) is 0 Å². The summed E-state index contributed by atoms with van der Waals surface area (Å²) in [5.41, 5.74) is 1.78. The van der Waals surface area contributed by atoms with E-state index in [0.29, 0.717) is 22.1 Å². The van der Waals surface area contributed by atoms with Crippen LogP contribution in [-0.4, -0.2) is 24.3 Å². The van der Waals surface area contributed by atoms with Crippen LogP contribution in [-0.2, 0) is 14.4 Å². The number of carbonyl (C=O) groups excluding carboxylic acids is 3. The Morgan fingerprint density at radius 2 is 1.40 bits per heavy atom. The Morgan fingerprint density at radius 3 is 1.92 bits per heavy atom. The monoisotopic (exact) mass is 359 g/mol. The highest BCUT2D eigenvalue weighted by atomic mass is 35.5. The summed E-state index contributed by atoms with van der Waals surface area (Å²) in [7, 11) is 0. The van der Waals surface area contributed by atoms with Gasteiger partial charge in [0.05, 0.1) is 0 Å². The van der Waals surface area contributed by atoms with Crippen molar-refractivity contribution in [1.29, 1.82) is 0 Å². The zero-order valence-corrected chi connectivity index (χ0v) is 14.6. The number of rotatable bonds is 5. The van der Waals surface area contributed by atoms with Gasteiger partial charge >= 0.3 is 0 Å². The van der Waals surface area contributed by atoms with Gasteiger partial charge in [-0.25, -0.2) is 0 Å². The number of anilines is 3. The summed E-state index contributed by atoms with van der Waals surface area (Å²) in [4.78, 5) is 36.5. The van der Waals surface area contributed by atoms with Gasteiger partial charge in [0, 0.05) is 35.9 Å². The molecule has 6 nitrogen and oxygen atoms in total. The minimum atomic E-state index is -0.330. The van der Waals surface area contributed by atoms with Gasteiger partial charge in [-0.15, -0.1) is 0 Å². The van der Waals surface area contributed by atoms with Gasteiger partial charge < -0.3 is 15.5 Å². The average Bonchev–Trinajstić information content (AvgIpc) is 2.55. The summed E-state index contributed by atoms with van der Waals surface area (Å²) in [6, 6.07) is 13.4. The van der Waals surface area contributed by atoms with Gasteiger partial charge in [0.2, 0.25) is 17.7 Å². The highest BCUT2D eigenvalue weighted by molar-refractivity contribution is 6.30. The Bertz CT molecular complexity index is 773. The summed E-state index contributed by atoms with van der Waals surface area (Å²) in [5.74, 6) is -0.777. The first-order valence-electron chi connectivity index (χ1n) is 7.56. The first kappa shape index (κ1) is 18.5. The maximum atomic E-state index is 12.2. The predicted molar refractivity (Wildman–Crippen MR) is 98.9 cm³/mol. The normalized spacial score (nSPS) is 10.0. The van der Waals surface area contributed by atoms with Crippen LogP contribution in [0.5, 0.6) is 0 Å². The number of nitrogens with zero attached hydrogens (tertiary/aromatic N) is 1. The molecule has 0 aliphatic rings. The van der Waals surface area contributed by atoms with Gasteiger partial charge in [-0.05, 0) is 48.5 Å². The Labute approximate surface area is 150 Å². The first-order chi connectivity index (χ1) is 11.8. The summed E-state index contributed by atoms with van der Waals surface area (Å²) in [6.45, 7) is 2.67. The number of nitrogens with one attached hydrogen (secondary N) is 2. The van der Waals surface area contributed by atoms with Crippen molar-refractivity contribution in [2.75, 3.05) is 22.1 Å². The Balaban J connectivity index is 2.07. The van der Waals surface area contributed by atoms with E-state index in [4.69, 9.17) is 11.6 Å². The smallest absolute Gasteiger partial charge is 0.244 e. The molecule has 0 aliphatic heterocycles. The molecule has 2 aromatic rings. The van der Waals surface area contributed by atoms with Gasteiger partial charge in [-0.1, -0.05) is 11.6 Å². The number of carbonyl (C=O) groups is 3. The zero-order chi connectivity index (χ0) is 18.4. The largest absolute Gasteiger partial charge is 0.326 e. The highest BCUT2D eigenvalue weighted by Crippen LogP contribution is 2.19. The van der Waals surface area contributed by atoms with E-state index in [1.807, 2.05) is 0 Å². The van der Waals surface area contributed by atoms with Crippen LogP contribution in [0.15, 0.2) is 48.5 Å². The summed E-state index contributed by atoms with van der Waals surface area (Å²) >= 11 is 5.81. The van der Waals surface area contributed by atoms with Crippen molar-refractivity contribution in [2.24, 2.45) is 0 Å². The van der Waals surface area contributed by atoms with Crippen LogP contribution in [0.4, 0.5) is 17.1 Å². The Morgan fingerprint density at radius 1 is 0.880 bits per heavy atom. The van der Waals surface area contributed by atoms with Crippen molar-refractivity contribution >= 4 is 46.4 Å². The lowest BCUT2D eigenvalue weighted by Gasteiger charge is -2.21. The molecule has 0 fully saturated rings. The molecule has 25 heavy (non-hydrogen) atoms. The molecule has 130 valence electrons. The molecule has 0 radical (unpaired) electrons. The zero-order valence-electron chi connectivity index (χ0n) is 13.9. The second kappa shape index (κ2) is 8.30. The molecule has 0 aromatic heterocycles. The molecule has 0 aliphatic carbocycles. The van der Waals surface area contributed by atoms with Crippen molar-refractivity contribution in [3.63, 3.8) is 0 Å². The van der Waals surface area contributed by atoms with Gasteiger partial charge in [0.1, 0.15) is 6.54 Å². The fourth-order valence-electron chi connectivity index (χ4n) is 2.19. The molecule has 2 N–H and O–H groups in total. The predicted octanol–water partition coefficient (Wildman–Crippen LogP) is 3.29. The van der Waals surface area contributed by atoms with E-state index in [1.165, 1.54) is 18.7 Å². The van der Waals surface area contributed by atoms with Crippen LogP contribution in [0.25, 0.3) is 0 Å². The van der Waals surface area contributed by atoms with Crippen molar-refractivity contribution in [2.45, 2.75) is 13.8 Å². The molecular weight excluding hydrogens is 342 g/mol. The molecule has 7 heteroatoms. The number of hydrogen-bond donors (Lipinski definition) is 2. The van der Waals surface area contributed by atoms with Gasteiger partial charge in [0.25, 0.3) is 0 Å². The van der Waals surface area contributed by atoms with Crippen molar-refractivity contribution in [3.05, 3.63) is 53.6 Å². The lowest BCUT2D eigenvalue weighted by Crippen LogP contribution is -2.36. The van der Waals surface area contributed by atoms with Crippen LogP contribution in [0.3, 0.4) is 0 Å². The number of benzene rings is 2. The Kier molecular flexibility index (Phi) is 6.14. The lowest BCUT2D eigenvalue weighted by atomic mass is 10.2. The third-order valence-electron chi connectivity index (χ3n) is 3.31. The molecule has 0 bridgehead atoms. The van der Waals surface area contributed by atoms with Crippen LogP contribution >= 0.6 is 11.6 Å².